The van der Waals surface area contributed by atoms with Crippen molar-refractivity contribution >= 4 is 29.1 Å². The molecule has 0 spiro atoms. The Bertz CT molecular complexity index is 1440. The topological polar surface area (TPSA) is 58.6 Å². The van der Waals surface area contributed by atoms with Gasteiger partial charge in [-0.05, 0) is 65.2 Å². The number of ether oxygens (including phenoxy) is 1. The fourth-order valence-electron chi connectivity index (χ4n) is 4.80. The second kappa shape index (κ2) is 10.4. The summed E-state index contributed by atoms with van der Waals surface area (Å²) in [6, 6.07) is 26.8. The van der Waals surface area contributed by atoms with Crippen LogP contribution >= 0.6 is 11.6 Å². The summed E-state index contributed by atoms with van der Waals surface area (Å²) >= 11 is 6.15. The van der Waals surface area contributed by atoms with E-state index in [2.05, 4.69) is 5.32 Å². The Labute approximate surface area is 219 Å². The van der Waals surface area contributed by atoms with Gasteiger partial charge >= 0.3 is 0 Å². The van der Waals surface area contributed by atoms with Crippen molar-refractivity contribution in [1.82, 2.24) is 4.90 Å². The number of benzene rings is 4. The van der Waals surface area contributed by atoms with Gasteiger partial charge in [0.25, 0.3) is 5.91 Å². The maximum absolute atomic E-state index is 13.9. The predicted molar refractivity (Wildman–Crippen MR) is 141 cm³/mol. The van der Waals surface area contributed by atoms with E-state index in [4.69, 9.17) is 16.3 Å². The van der Waals surface area contributed by atoms with Gasteiger partial charge in [-0.1, -0.05) is 60.1 Å². The first-order valence-corrected chi connectivity index (χ1v) is 12.2. The number of hydrogen-bond acceptors (Lipinski definition) is 3. The molecule has 186 valence electrons. The summed E-state index contributed by atoms with van der Waals surface area (Å²) in [5.74, 6) is -0.887. The van der Waals surface area contributed by atoms with Crippen molar-refractivity contribution in [3.8, 4) is 5.75 Å². The third-order valence-electron chi connectivity index (χ3n) is 6.54. The average Bonchev–Trinajstić information content (AvgIpc) is 2.91. The molecular weight excluding hydrogens is 491 g/mol. The lowest BCUT2D eigenvalue weighted by Gasteiger charge is -2.42. The standard InChI is InChI=1S/C30H24ClFN2O3/c1-37-24-15-11-20(12-16-24)28-27(29(35)33-23-6-4-5-21(31)17-23)25-7-2-3-8-26(25)30(36)34(28)18-19-9-13-22(32)14-10-19/h2-17,27-28H,18H2,1H3,(H,33,35)/t27-,28-/m1/s1. The van der Waals surface area contributed by atoms with E-state index in [9.17, 15) is 14.0 Å². The van der Waals surface area contributed by atoms with Crippen molar-refractivity contribution < 1.29 is 18.7 Å². The number of nitrogens with one attached hydrogen (secondary N) is 1. The molecular formula is C30H24ClFN2O3. The second-order valence-electron chi connectivity index (χ2n) is 8.84. The van der Waals surface area contributed by atoms with Gasteiger partial charge in [0.05, 0.1) is 19.1 Å². The van der Waals surface area contributed by atoms with Crippen LogP contribution in [0.4, 0.5) is 10.1 Å². The monoisotopic (exact) mass is 514 g/mol. The van der Waals surface area contributed by atoms with Gasteiger partial charge in [-0.15, -0.1) is 0 Å². The first-order valence-electron chi connectivity index (χ1n) is 11.8. The first-order chi connectivity index (χ1) is 17.9. The van der Waals surface area contributed by atoms with Gasteiger partial charge in [0.2, 0.25) is 5.91 Å². The Kier molecular flexibility index (Phi) is 6.93. The predicted octanol–water partition coefficient (Wildman–Crippen LogP) is 6.61. The fourth-order valence-corrected chi connectivity index (χ4v) is 4.99. The summed E-state index contributed by atoms with van der Waals surface area (Å²) in [6.45, 7) is 0.199. The molecule has 0 unspecified atom stereocenters. The molecule has 1 heterocycles. The van der Waals surface area contributed by atoms with Crippen molar-refractivity contribution in [2.24, 2.45) is 0 Å². The molecule has 5 nitrogen and oxygen atoms in total. The number of hydrogen-bond donors (Lipinski definition) is 1. The smallest absolute Gasteiger partial charge is 0.255 e. The maximum atomic E-state index is 13.9. The Balaban J connectivity index is 1.63. The number of methoxy groups -OCH3 is 1. The van der Waals surface area contributed by atoms with Crippen LogP contribution in [0.2, 0.25) is 5.02 Å². The molecule has 1 aliphatic heterocycles. The molecule has 4 aromatic rings. The normalized spacial score (nSPS) is 16.7. The number of carbonyl (C=O) groups is 2. The minimum atomic E-state index is -0.721. The van der Waals surface area contributed by atoms with E-state index >= 15 is 0 Å². The molecule has 0 aromatic heterocycles. The van der Waals surface area contributed by atoms with E-state index in [1.165, 1.54) is 12.1 Å². The molecule has 0 saturated heterocycles. The zero-order valence-corrected chi connectivity index (χ0v) is 20.8. The minimum Gasteiger partial charge on any atom is -0.497 e. The number of rotatable bonds is 6. The number of amides is 2. The van der Waals surface area contributed by atoms with Gasteiger partial charge in [-0.3, -0.25) is 9.59 Å². The fraction of sp³-hybridized carbons (Fsp3) is 0.133. The molecule has 5 rings (SSSR count). The first kappa shape index (κ1) is 24.5. The largest absolute Gasteiger partial charge is 0.497 e. The molecule has 0 bridgehead atoms. The molecule has 0 saturated carbocycles. The summed E-state index contributed by atoms with van der Waals surface area (Å²) in [4.78, 5) is 29.5. The number of anilines is 1. The van der Waals surface area contributed by atoms with Crippen molar-refractivity contribution in [3.05, 3.63) is 130 Å². The third-order valence-corrected chi connectivity index (χ3v) is 6.77. The summed E-state index contributed by atoms with van der Waals surface area (Å²) in [5, 5.41) is 3.49. The summed E-state index contributed by atoms with van der Waals surface area (Å²) in [5.41, 5.74) is 3.19. The van der Waals surface area contributed by atoms with E-state index < -0.39 is 12.0 Å². The highest BCUT2D eigenvalue weighted by Gasteiger charge is 2.44. The highest BCUT2D eigenvalue weighted by atomic mass is 35.5. The summed E-state index contributed by atoms with van der Waals surface area (Å²) in [6.07, 6.45) is 0. The molecule has 1 aliphatic rings. The van der Waals surface area contributed by atoms with E-state index in [1.807, 2.05) is 36.4 Å². The van der Waals surface area contributed by atoms with Gasteiger partial charge in [-0.25, -0.2) is 4.39 Å². The van der Waals surface area contributed by atoms with Crippen LogP contribution in [0.15, 0.2) is 97.1 Å². The van der Waals surface area contributed by atoms with Crippen LogP contribution in [0, 0.1) is 5.82 Å². The Morgan fingerprint density at radius 2 is 1.70 bits per heavy atom. The van der Waals surface area contributed by atoms with Gasteiger partial charge in [0.15, 0.2) is 0 Å². The molecule has 7 heteroatoms. The highest BCUT2D eigenvalue weighted by molar-refractivity contribution is 6.30. The molecule has 0 fully saturated rings. The van der Waals surface area contributed by atoms with E-state index in [-0.39, 0.29) is 24.2 Å². The van der Waals surface area contributed by atoms with Crippen molar-refractivity contribution in [3.63, 3.8) is 0 Å². The van der Waals surface area contributed by atoms with Gasteiger partial charge in [0.1, 0.15) is 11.6 Å². The van der Waals surface area contributed by atoms with Crippen LogP contribution in [0.1, 0.15) is 39.0 Å². The lowest BCUT2D eigenvalue weighted by Crippen LogP contribution is -2.45. The van der Waals surface area contributed by atoms with Crippen LogP contribution in [0.3, 0.4) is 0 Å². The van der Waals surface area contributed by atoms with E-state index in [0.717, 1.165) is 11.1 Å². The number of halogens is 2. The van der Waals surface area contributed by atoms with E-state index in [1.54, 1.807) is 60.5 Å². The van der Waals surface area contributed by atoms with Crippen LogP contribution in [-0.2, 0) is 11.3 Å². The molecule has 0 radical (unpaired) electrons. The Morgan fingerprint density at radius 3 is 2.41 bits per heavy atom. The van der Waals surface area contributed by atoms with Crippen molar-refractivity contribution in [2.75, 3.05) is 12.4 Å². The summed E-state index contributed by atoms with van der Waals surface area (Å²) in [7, 11) is 1.58. The summed E-state index contributed by atoms with van der Waals surface area (Å²) < 4.78 is 18.9. The molecule has 37 heavy (non-hydrogen) atoms. The minimum absolute atomic E-state index is 0.199. The zero-order valence-electron chi connectivity index (χ0n) is 20.0. The van der Waals surface area contributed by atoms with Crippen molar-refractivity contribution in [2.45, 2.75) is 18.5 Å². The average molecular weight is 515 g/mol. The highest BCUT2D eigenvalue weighted by Crippen LogP contribution is 2.44. The lowest BCUT2D eigenvalue weighted by molar-refractivity contribution is -0.119. The SMILES string of the molecule is COc1ccc([C@@H]2[C@H](C(=O)Nc3cccc(Cl)c3)c3ccccc3C(=O)N2Cc2ccc(F)cc2)cc1. The van der Waals surface area contributed by atoms with Crippen LogP contribution in [0.5, 0.6) is 5.75 Å². The third kappa shape index (κ3) is 5.06. The number of fused-ring (bicyclic) bond motifs is 1. The number of carbonyl (C=O) groups excluding carboxylic acids is 2. The van der Waals surface area contributed by atoms with Gasteiger partial charge in [0, 0.05) is 22.8 Å². The van der Waals surface area contributed by atoms with Crippen LogP contribution in [-0.4, -0.2) is 23.8 Å². The van der Waals surface area contributed by atoms with Gasteiger partial charge in [-0.2, -0.15) is 0 Å². The van der Waals surface area contributed by atoms with Crippen LogP contribution in [0.25, 0.3) is 0 Å². The molecule has 0 aliphatic carbocycles. The Hall–Kier alpha value is -4.16. The van der Waals surface area contributed by atoms with Gasteiger partial charge < -0.3 is 15.0 Å². The zero-order chi connectivity index (χ0) is 25.9. The number of nitrogens with zero attached hydrogens (tertiary/aromatic N) is 1. The Morgan fingerprint density at radius 1 is 0.973 bits per heavy atom. The quantitative estimate of drug-likeness (QED) is 0.315. The maximum Gasteiger partial charge on any atom is 0.255 e. The second-order valence-corrected chi connectivity index (χ2v) is 9.28. The molecule has 1 N–H and O–H groups in total. The van der Waals surface area contributed by atoms with E-state index in [0.29, 0.717) is 27.6 Å². The molecule has 4 aromatic carbocycles. The molecule has 2 atom stereocenters. The van der Waals surface area contributed by atoms with Crippen LogP contribution < -0.4 is 10.1 Å². The van der Waals surface area contributed by atoms with Crippen molar-refractivity contribution in [1.29, 1.82) is 0 Å². The molecule has 2 amide bonds. The lowest BCUT2D eigenvalue weighted by atomic mass is 9.79.